The molecule has 390 valence electrons. The lowest BCUT2D eigenvalue weighted by atomic mass is 9.67. The number of rotatable bonds is 8. The maximum absolute atomic E-state index is 7.61. The van der Waals surface area contributed by atoms with E-state index in [0.717, 1.165) is 83.3 Å². The fraction of sp³-hybridized carbons (Fsp3) is 0.0130. The average Bonchev–Trinajstić information content (AvgIpc) is 2.01. The zero-order chi connectivity index (χ0) is 54.8. The van der Waals surface area contributed by atoms with Crippen molar-refractivity contribution in [2.24, 2.45) is 0 Å². The molecule has 6 heteroatoms. The van der Waals surface area contributed by atoms with Crippen molar-refractivity contribution in [3.05, 3.63) is 312 Å². The van der Waals surface area contributed by atoms with Gasteiger partial charge >= 0.3 is 0 Å². The van der Waals surface area contributed by atoms with Gasteiger partial charge in [0.15, 0.2) is 0 Å². The number of furan rings is 1. The molecule has 0 saturated carbocycles. The maximum atomic E-state index is 7.61. The molecule has 3 heterocycles. The second-order valence-electron chi connectivity index (χ2n) is 21.6. The highest BCUT2D eigenvalue weighted by atomic mass is 35.5. The van der Waals surface area contributed by atoms with E-state index in [-0.39, 0.29) is 0 Å². The molecule has 1 unspecified atom stereocenters. The Balaban J connectivity index is 0.921. The molecule has 1 aliphatic heterocycles. The van der Waals surface area contributed by atoms with Gasteiger partial charge in [0.05, 0.1) is 5.41 Å². The summed E-state index contributed by atoms with van der Waals surface area (Å²) in [5.74, 6) is 0. The Morgan fingerprint density at radius 1 is 0.349 bits per heavy atom. The van der Waals surface area contributed by atoms with Gasteiger partial charge in [-0.1, -0.05) is 199 Å². The predicted octanol–water partition coefficient (Wildman–Crippen LogP) is 22.9. The highest BCUT2D eigenvalue weighted by Gasteiger charge is 2.51. The SMILES string of the molecule is Clc1cccc2c1-c1ccc(N(c3ccccc3)c3cc(-c4ccc5ccccc5c4)c4oc5ccccc5c4c3)cc1C21c2ccccc2Sc2ccc(N(c3ccccc3)c3cc(-c4ccccc4)c4sc5ccccc5c4c3)cc21. The summed E-state index contributed by atoms with van der Waals surface area (Å²) in [7, 11) is 0. The molecule has 3 nitrogen and oxygen atoms in total. The molecule has 0 saturated heterocycles. The van der Waals surface area contributed by atoms with Gasteiger partial charge in [0.2, 0.25) is 0 Å². The first-order valence-electron chi connectivity index (χ1n) is 28.1. The molecular weight excluding hydrogens is 1070 g/mol. The Hall–Kier alpha value is -9.62. The van der Waals surface area contributed by atoms with E-state index in [9.17, 15) is 0 Å². The first-order valence-corrected chi connectivity index (χ1v) is 30.1. The van der Waals surface area contributed by atoms with Crippen molar-refractivity contribution in [2.45, 2.75) is 15.2 Å². The minimum atomic E-state index is -0.785. The van der Waals surface area contributed by atoms with E-state index in [4.69, 9.17) is 16.0 Å². The van der Waals surface area contributed by atoms with Gasteiger partial charge in [-0.3, -0.25) is 0 Å². The second kappa shape index (κ2) is 19.0. The van der Waals surface area contributed by atoms with Crippen LogP contribution in [0.25, 0.3) is 86.3 Å². The van der Waals surface area contributed by atoms with Crippen LogP contribution in [0.2, 0.25) is 5.02 Å². The van der Waals surface area contributed by atoms with E-state index in [1.54, 1.807) is 0 Å². The molecule has 1 atom stereocenters. The second-order valence-corrected chi connectivity index (χ2v) is 24.2. The summed E-state index contributed by atoms with van der Waals surface area (Å²) >= 11 is 11.3. The molecule has 0 bridgehead atoms. The van der Waals surface area contributed by atoms with Crippen LogP contribution >= 0.6 is 34.7 Å². The van der Waals surface area contributed by atoms with Gasteiger partial charge < -0.3 is 14.2 Å². The topological polar surface area (TPSA) is 19.6 Å². The van der Waals surface area contributed by atoms with Crippen LogP contribution in [0.3, 0.4) is 0 Å². The Labute approximate surface area is 493 Å². The van der Waals surface area contributed by atoms with Gasteiger partial charge in [-0.25, -0.2) is 0 Å². The fourth-order valence-electron chi connectivity index (χ4n) is 13.5. The first kappa shape index (κ1) is 48.1. The highest BCUT2D eigenvalue weighted by Crippen LogP contribution is 2.65. The van der Waals surface area contributed by atoms with Gasteiger partial charge in [-0.05, 0) is 159 Å². The monoisotopic (exact) mass is 1110 g/mol. The van der Waals surface area contributed by atoms with E-state index >= 15 is 0 Å². The molecule has 1 spiro atoms. The number of hydrogen-bond donors (Lipinski definition) is 0. The van der Waals surface area contributed by atoms with Crippen molar-refractivity contribution in [2.75, 3.05) is 9.80 Å². The molecule has 2 aliphatic rings. The number of thiophene rings is 1. The standard InChI is InChI=1S/C77H47ClN2OS2/c78-69-31-18-30-66-74(69)60-39-37-54(79(52-23-6-2-7-24-52)56-42-61(51-36-35-48-19-10-11-22-50(48)41-51)75-63(44-56)58-27-12-15-32-70(58)81-75)46-67(60)77(66)65-29-14-17-34-72(65)82-73-40-38-55(47-68(73)77)80(53-25-8-3-9-26-53)57-43-62(49-20-4-1-5-21-49)76-64(45-57)59-28-13-16-33-71(59)83-76/h1-47H. The van der Waals surface area contributed by atoms with Crippen LogP contribution in [0, 0.1) is 0 Å². The zero-order valence-electron chi connectivity index (χ0n) is 44.6. The fourth-order valence-corrected chi connectivity index (χ4v) is 16.2. The summed E-state index contributed by atoms with van der Waals surface area (Å²) in [6.45, 7) is 0. The van der Waals surface area contributed by atoms with Gasteiger partial charge in [-0.2, -0.15) is 0 Å². The van der Waals surface area contributed by atoms with Crippen LogP contribution < -0.4 is 9.80 Å². The van der Waals surface area contributed by atoms with Crippen molar-refractivity contribution < 1.29 is 4.42 Å². The third-order valence-corrected chi connectivity index (χ3v) is 19.8. The molecule has 17 rings (SSSR count). The molecule has 83 heavy (non-hydrogen) atoms. The van der Waals surface area contributed by atoms with E-state index in [2.05, 4.69) is 295 Å². The molecule has 15 aromatic rings. The van der Waals surface area contributed by atoms with E-state index in [1.165, 1.54) is 74.1 Å². The summed E-state index contributed by atoms with van der Waals surface area (Å²) in [5.41, 5.74) is 18.7. The molecule has 1 aliphatic carbocycles. The third-order valence-electron chi connectivity index (χ3n) is 17.1. The molecule has 13 aromatic carbocycles. The summed E-state index contributed by atoms with van der Waals surface area (Å²) in [5, 5.41) is 7.75. The lowest BCUT2D eigenvalue weighted by molar-refractivity contribution is 0.670. The van der Waals surface area contributed by atoms with Crippen molar-refractivity contribution in [1.29, 1.82) is 0 Å². The van der Waals surface area contributed by atoms with Gasteiger partial charge in [0, 0.05) is 96.6 Å². The predicted molar refractivity (Wildman–Crippen MR) is 351 cm³/mol. The smallest absolute Gasteiger partial charge is 0.143 e. The minimum absolute atomic E-state index is 0.731. The number of para-hydroxylation sites is 3. The number of anilines is 6. The Bertz CT molecular complexity index is 5110. The molecule has 0 fully saturated rings. The quantitative estimate of drug-likeness (QED) is 0.151. The summed E-state index contributed by atoms with van der Waals surface area (Å²) in [6.07, 6.45) is 0. The van der Waals surface area contributed by atoms with Crippen molar-refractivity contribution in [1.82, 2.24) is 0 Å². The number of fused-ring (bicyclic) bond motifs is 16. The van der Waals surface area contributed by atoms with Crippen molar-refractivity contribution in [3.63, 3.8) is 0 Å². The number of benzene rings is 13. The molecule has 2 aromatic heterocycles. The Morgan fingerprint density at radius 3 is 1.76 bits per heavy atom. The molecule has 0 N–H and O–H groups in total. The van der Waals surface area contributed by atoms with Crippen LogP contribution in [0.15, 0.2) is 299 Å². The Morgan fingerprint density at radius 2 is 0.964 bits per heavy atom. The molecule has 0 radical (unpaired) electrons. The third kappa shape index (κ3) is 7.45. The van der Waals surface area contributed by atoms with Crippen LogP contribution in [-0.2, 0) is 5.41 Å². The summed E-state index contributed by atoms with van der Waals surface area (Å²) in [6, 6.07) is 104. The Kier molecular flexibility index (Phi) is 11.0. The number of halogens is 1. The largest absolute Gasteiger partial charge is 0.455 e. The minimum Gasteiger partial charge on any atom is -0.455 e. The van der Waals surface area contributed by atoms with E-state index in [1.807, 2.05) is 23.1 Å². The average molecular weight is 1120 g/mol. The number of nitrogens with zero attached hydrogens (tertiary/aromatic N) is 2. The van der Waals surface area contributed by atoms with Crippen LogP contribution in [0.1, 0.15) is 22.3 Å². The molecule has 0 amide bonds. The van der Waals surface area contributed by atoms with E-state index < -0.39 is 5.41 Å². The lowest BCUT2D eigenvalue weighted by Gasteiger charge is -2.41. The van der Waals surface area contributed by atoms with Crippen molar-refractivity contribution >= 4 is 122 Å². The normalized spacial score (nSPS) is 14.1. The maximum Gasteiger partial charge on any atom is 0.143 e. The number of hydrogen-bond acceptors (Lipinski definition) is 5. The summed E-state index contributed by atoms with van der Waals surface area (Å²) < 4.78 is 9.41. The van der Waals surface area contributed by atoms with Gasteiger partial charge in [0.25, 0.3) is 0 Å². The van der Waals surface area contributed by atoms with Crippen LogP contribution in [-0.4, -0.2) is 0 Å². The summed E-state index contributed by atoms with van der Waals surface area (Å²) in [4.78, 5) is 7.31. The molecular formula is C77H47ClN2OS2. The lowest BCUT2D eigenvalue weighted by Crippen LogP contribution is -2.32. The zero-order valence-corrected chi connectivity index (χ0v) is 47.0. The van der Waals surface area contributed by atoms with E-state index in [0.29, 0.717) is 0 Å². The van der Waals surface area contributed by atoms with Crippen molar-refractivity contribution in [3.8, 4) is 33.4 Å². The first-order chi connectivity index (χ1) is 41.0. The van der Waals surface area contributed by atoms with Gasteiger partial charge in [0.1, 0.15) is 11.2 Å². The van der Waals surface area contributed by atoms with Crippen LogP contribution in [0.4, 0.5) is 34.1 Å². The highest BCUT2D eigenvalue weighted by molar-refractivity contribution is 7.99. The van der Waals surface area contributed by atoms with Crippen LogP contribution in [0.5, 0.6) is 0 Å². The van der Waals surface area contributed by atoms with Gasteiger partial charge in [-0.15, -0.1) is 11.3 Å².